The second-order valence-electron chi connectivity index (χ2n) is 4.64. The fraction of sp³-hybridized carbons (Fsp3) is 0.385. The van der Waals surface area contributed by atoms with Gasteiger partial charge < -0.3 is 5.43 Å². The van der Waals surface area contributed by atoms with Crippen molar-refractivity contribution in [2.24, 2.45) is 0 Å². The standard InChI is InChI=1S/C13H18N4S/c1-9(2)12-6-4-11(5-7-12)8-14-17-10(3)15-16-13(17)18/h4-7,9,14H,8H2,1-3H3,(H,16,18). The Balaban J connectivity index is 2.05. The second kappa shape index (κ2) is 5.35. The summed E-state index contributed by atoms with van der Waals surface area (Å²) < 4.78 is 2.37. The van der Waals surface area contributed by atoms with Crippen molar-refractivity contribution in [1.29, 1.82) is 0 Å². The molecule has 2 N–H and O–H groups in total. The van der Waals surface area contributed by atoms with Gasteiger partial charge in [0.1, 0.15) is 5.82 Å². The zero-order chi connectivity index (χ0) is 13.1. The van der Waals surface area contributed by atoms with Crippen LogP contribution in [0.3, 0.4) is 0 Å². The predicted molar refractivity (Wildman–Crippen MR) is 75.7 cm³/mol. The van der Waals surface area contributed by atoms with Crippen LogP contribution < -0.4 is 5.43 Å². The number of hydrogen-bond donors (Lipinski definition) is 2. The van der Waals surface area contributed by atoms with E-state index in [1.54, 1.807) is 4.68 Å². The highest BCUT2D eigenvalue weighted by Gasteiger charge is 2.01. The quantitative estimate of drug-likeness (QED) is 0.832. The molecule has 1 aromatic carbocycles. The molecule has 0 aliphatic carbocycles. The van der Waals surface area contributed by atoms with Gasteiger partial charge in [-0.2, -0.15) is 5.10 Å². The average molecular weight is 262 g/mol. The third-order valence-electron chi connectivity index (χ3n) is 2.93. The fourth-order valence-electron chi connectivity index (χ4n) is 1.75. The Morgan fingerprint density at radius 2 is 2.00 bits per heavy atom. The van der Waals surface area contributed by atoms with Crippen LogP contribution >= 0.6 is 12.2 Å². The van der Waals surface area contributed by atoms with Crippen LogP contribution in [0.2, 0.25) is 0 Å². The summed E-state index contributed by atoms with van der Waals surface area (Å²) in [4.78, 5) is 0. The minimum atomic E-state index is 0.566. The molecule has 0 aliphatic rings. The molecule has 0 unspecified atom stereocenters. The molecule has 1 heterocycles. The van der Waals surface area contributed by atoms with Crippen LogP contribution in [0, 0.1) is 11.7 Å². The van der Waals surface area contributed by atoms with Crippen LogP contribution in [0.1, 0.15) is 36.7 Å². The molecule has 0 bridgehead atoms. The molecule has 0 aliphatic heterocycles. The van der Waals surface area contributed by atoms with E-state index in [1.807, 2.05) is 6.92 Å². The van der Waals surface area contributed by atoms with Gasteiger partial charge in [0, 0.05) is 0 Å². The number of nitrogens with one attached hydrogen (secondary N) is 2. The summed E-state index contributed by atoms with van der Waals surface area (Å²) in [6.07, 6.45) is 0. The maximum absolute atomic E-state index is 5.13. The Labute approximate surface area is 112 Å². The van der Waals surface area contributed by atoms with Crippen molar-refractivity contribution < 1.29 is 0 Å². The number of hydrogen-bond acceptors (Lipinski definition) is 3. The molecule has 96 valence electrons. The van der Waals surface area contributed by atoms with Gasteiger partial charge in [0.15, 0.2) is 0 Å². The largest absolute Gasteiger partial charge is 0.318 e. The molecule has 0 fully saturated rings. The molecule has 2 rings (SSSR count). The highest BCUT2D eigenvalue weighted by Crippen LogP contribution is 2.14. The summed E-state index contributed by atoms with van der Waals surface area (Å²) in [5, 5.41) is 6.80. The van der Waals surface area contributed by atoms with E-state index in [1.165, 1.54) is 11.1 Å². The number of aromatic amines is 1. The molecule has 0 amide bonds. The van der Waals surface area contributed by atoms with Gasteiger partial charge in [-0.25, -0.2) is 4.68 Å². The van der Waals surface area contributed by atoms with Gasteiger partial charge in [0.2, 0.25) is 4.77 Å². The molecule has 0 spiro atoms. The molecule has 1 aromatic heterocycles. The molecule has 0 atom stereocenters. The number of aryl methyl sites for hydroxylation is 1. The summed E-state index contributed by atoms with van der Waals surface area (Å²) in [5.41, 5.74) is 5.83. The number of aromatic nitrogens is 3. The first-order valence-corrected chi connectivity index (χ1v) is 6.45. The summed E-state index contributed by atoms with van der Waals surface area (Å²) in [6, 6.07) is 8.62. The van der Waals surface area contributed by atoms with E-state index in [0.29, 0.717) is 10.7 Å². The van der Waals surface area contributed by atoms with Crippen LogP contribution in [-0.4, -0.2) is 14.9 Å². The van der Waals surface area contributed by atoms with Crippen molar-refractivity contribution in [3.05, 3.63) is 46.0 Å². The lowest BCUT2D eigenvalue weighted by Crippen LogP contribution is -2.16. The molecular formula is C13H18N4S. The van der Waals surface area contributed by atoms with E-state index >= 15 is 0 Å². The van der Waals surface area contributed by atoms with Crippen molar-refractivity contribution >= 4 is 12.2 Å². The lowest BCUT2D eigenvalue weighted by atomic mass is 10.0. The van der Waals surface area contributed by atoms with Crippen LogP contribution in [-0.2, 0) is 6.54 Å². The van der Waals surface area contributed by atoms with E-state index in [2.05, 4.69) is 53.7 Å². The zero-order valence-corrected chi connectivity index (χ0v) is 11.7. The lowest BCUT2D eigenvalue weighted by molar-refractivity contribution is 0.792. The van der Waals surface area contributed by atoms with Crippen molar-refractivity contribution in [2.75, 3.05) is 5.43 Å². The van der Waals surface area contributed by atoms with Crippen LogP contribution in [0.4, 0.5) is 0 Å². The van der Waals surface area contributed by atoms with E-state index in [0.717, 1.165) is 12.4 Å². The lowest BCUT2D eigenvalue weighted by Gasteiger charge is -2.10. The average Bonchev–Trinajstić information content (AvgIpc) is 2.67. The Morgan fingerprint density at radius 1 is 1.33 bits per heavy atom. The van der Waals surface area contributed by atoms with Gasteiger partial charge in [-0.3, -0.25) is 5.10 Å². The van der Waals surface area contributed by atoms with Gasteiger partial charge in [0.25, 0.3) is 0 Å². The van der Waals surface area contributed by atoms with Gasteiger partial charge in [-0.05, 0) is 36.2 Å². The van der Waals surface area contributed by atoms with Gasteiger partial charge >= 0.3 is 0 Å². The highest BCUT2D eigenvalue weighted by molar-refractivity contribution is 7.71. The third kappa shape index (κ3) is 2.79. The monoisotopic (exact) mass is 262 g/mol. The van der Waals surface area contributed by atoms with Crippen molar-refractivity contribution in [1.82, 2.24) is 14.9 Å². The van der Waals surface area contributed by atoms with Crippen LogP contribution in [0.15, 0.2) is 24.3 Å². The third-order valence-corrected chi connectivity index (χ3v) is 3.20. The topological polar surface area (TPSA) is 45.6 Å². The summed E-state index contributed by atoms with van der Waals surface area (Å²) in [6.45, 7) is 7.02. The molecular weight excluding hydrogens is 244 g/mol. The van der Waals surface area contributed by atoms with Crippen molar-refractivity contribution in [3.63, 3.8) is 0 Å². The molecule has 0 saturated heterocycles. The smallest absolute Gasteiger partial charge is 0.214 e. The fourth-order valence-corrected chi connectivity index (χ4v) is 1.99. The summed E-state index contributed by atoms with van der Waals surface area (Å²) >= 11 is 5.13. The predicted octanol–water partition coefficient (Wildman–Crippen LogP) is 3.12. The SMILES string of the molecule is Cc1n[nH]c(=S)n1NCc1ccc(C(C)C)cc1. The van der Waals surface area contributed by atoms with Crippen LogP contribution in [0.25, 0.3) is 0 Å². The number of rotatable bonds is 4. The number of benzene rings is 1. The van der Waals surface area contributed by atoms with E-state index in [-0.39, 0.29) is 0 Å². The minimum Gasteiger partial charge on any atom is -0.318 e. The van der Waals surface area contributed by atoms with Gasteiger partial charge in [-0.15, -0.1) is 0 Å². The minimum absolute atomic E-state index is 0.566. The van der Waals surface area contributed by atoms with E-state index in [9.17, 15) is 0 Å². The van der Waals surface area contributed by atoms with E-state index < -0.39 is 0 Å². The summed E-state index contributed by atoms with van der Waals surface area (Å²) in [5.74, 6) is 1.40. The molecule has 0 saturated carbocycles. The first-order chi connectivity index (χ1) is 8.58. The normalized spacial score (nSPS) is 10.9. The summed E-state index contributed by atoms with van der Waals surface area (Å²) in [7, 11) is 0. The Morgan fingerprint density at radius 3 is 2.50 bits per heavy atom. The molecule has 18 heavy (non-hydrogen) atoms. The maximum atomic E-state index is 5.13. The molecule has 2 aromatic rings. The molecule has 4 nitrogen and oxygen atoms in total. The van der Waals surface area contributed by atoms with Gasteiger partial charge in [-0.1, -0.05) is 38.1 Å². The van der Waals surface area contributed by atoms with Crippen molar-refractivity contribution in [3.8, 4) is 0 Å². The number of H-pyrrole nitrogens is 1. The zero-order valence-electron chi connectivity index (χ0n) is 10.9. The number of nitrogens with zero attached hydrogens (tertiary/aromatic N) is 2. The molecule has 0 radical (unpaired) electrons. The van der Waals surface area contributed by atoms with Gasteiger partial charge in [0.05, 0.1) is 6.54 Å². The Bertz CT molecular complexity index is 565. The first-order valence-electron chi connectivity index (χ1n) is 6.04. The Kier molecular flexibility index (Phi) is 3.81. The van der Waals surface area contributed by atoms with E-state index in [4.69, 9.17) is 12.2 Å². The first kappa shape index (κ1) is 12.8. The highest BCUT2D eigenvalue weighted by atomic mass is 32.1. The maximum Gasteiger partial charge on any atom is 0.214 e. The van der Waals surface area contributed by atoms with Crippen molar-refractivity contribution in [2.45, 2.75) is 33.2 Å². The second-order valence-corrected chi connectivity index (χ2v) is 5.03. The van der Waals surface area contributed by atoms with Crippen LogP contribution in [0.5, 0.6) is 0 Å². The molecule has 5 heteroatoms. The Hall–Kier alpha value is -1.62.